The third-order valence-electron chi connectivity index (χ3n) is 2.20. The fourth-order valence-electron chi connectivity index (χ4n) is 1.16. The molecule has 1 aromatic rings. The third-order valence-corrected chi connectivity index (χ3v) is 4.81. The Hall–Kier alpha value is -0.420. The molecule has 1 aromatic heterocycles. The number of amides is 1. The molecular formula is C11H17BrN2OS. The summed E-state index contributed by atoms with van der Waals surface area (Å²) in [6, 6.07) is 0. The number of carbonyl (C=O) groups excluding carboxylic acids is 1. The number of aromatic nitrogens is 1. The van der Waals surface area contributed by atoms with Crippen LogP contribution in [0.5, 0.6) is 0 Å². The molecule has 0 saturated carbocycles. The summed E-state index contributed by atoms with van der Waals surface area (Å²) >= 11 is 5.02. The molecule has 0 saturated heterocycles. The van der Waals surface area contributed by atoms with E-state index in [0.717, 1.165) is 11.4 Å². The monoisotopic (exact) mass is 304 g/mol. The molecule has 3 nitrogen and oxygen atoms in total. The maximum atomic E-state index is 11.7. The van der Waals surface area contributed by atoms with Crippen LogP contribution in [-0.2, 0) is 17.8 Å². The van der Waals surface area contributed by atoms with Gasteiger partial charge in [-0.1, -0.05) is 36.7 Å². The molecule has 1 atom stereocenters. The normalized spacial score (nSPS) is 12.8. The van der Waals surface area contributed by atoms with Gasteiger partial charge in [0.05, 0.1) is 11.4 Å². The van der Waals surface area contributed by atoms with Crippen molar-refractivity contribution in [3.05, 3.63) is 16.1 Å². The van der Waals surface area contributed by atoms with E-state index in [2.05, 4.69) is 33.2 Å². The minimum Gasteiger partial charge on any atom is -0.349 e. The first kappa shape index (κ1) is 13.6. The van der Waals surface area contributed by atoms with Gasteiger partial charge in [-0.3, -0.25) is 4.79 Å². The number of carbonyl (C=O) groups is 1. The van der Waals surface area contributed by atoms with Crippen LogP contribution in [0, 0.1) is 5.92 Å². The highest BCUT2D eigenvalue weighted by molar-refractivity contribution is 9.10. The van der Waals surface area contributed by atoms with Gasteiger partial charge < -0.3 is 5.32 Å². The molecule has 0 aliphatic carbocycles. The van der Waals surface area contributed by atoms with Crippen molar-refractivity contribution in [2.45, 2.75) is 38.6 Å². The van der Waals surface area contributed by atoms with Gasteiger partial charge in [-0.2, -0.15) is 0 Å². The molecule has 90 valence electrons. The van der Waals surface area contributed by atoms with Crippen molar-refractivity contribution in [3.8, 4) is 0 Å². The van der Waals surface area contributed by atoms with Crippen LogP contribution in [0.4, 0.5) is 0 Å². The number of alkyl halides is 1. The average molecular weight is 305 g/mol. The number of hydrogen-bond donors (Lipinski definition) is 1. The lowest BCUT2D eigenvalue weighted by Crippen LogP contribution is -2.33. The lowest BCUT2D eigenvalue weighted by Gasteiger charge is -2.12. The molecule has 0 aliphatic heterocycles. The van der Waals surface area contributed by atoms with E-state index in [1.165, 1.54) is 4.88 Å². The molecule has 5 heteroatoms. The number of hydrogen-bond acceptors (Lipinski definition) is 3. The minimum atomic E-state index is -0.127. The Morgan fingerprint density at radius 3 is 2.81 bits per heavy atom. The van der Waals surface area contributed by atoms with Crippen LogP contribution in [0.2, 0.25) is 0 Å². The quantitative estimate of drug-likeness (QED) is 0.850. The number of rotatable bonds is 5. The second-order valence-electron chi connectivity index (χ2n) is 3.94. The second-order valence-corrected chi connectivity index (χ2v) is 6.12. The first-order valence-corrected chi connectivity index (χ1v) is 7.13. The first-order chi connectivity index (χ1) is 7.54. The van der Waals surface area contributed by atoms with Crippen molar-refractivity contribution in [2.75, 3.05) is 0 Å². The van der Waals surface area contributed by atoms with Crippen molar-refractivity contribution >= 4 is 33.2 Å². The molecule has 0 aliphatic rings. The smallest absolute Gasteiger partial charge is 0.234 e. The predicted molar refractivity (Wildman–Crippen MR) is 70.9 cm³/mol. The number of aryl methyl sites for hydroxylation is 1. The highest BCUT2D eigenvalue weighted by Crippen LogP contribution is 2.14. The first-order valence-electron chi connectivity index (χ1n) is 5.40. The molecule has 0 bridgehead atoms. The lowest BCUT2D eigenvalue weighted by molar-refractivity contribution is -0.121. The Morgan fingerprint density at radius 2 is 2.31 bits per heavy atom. The summed E-state index contributed by atoms with van der Waals surface area (Å²) in [5.74, 6) is 0.325. The molecular weight excluding hydrogens is 288 g/mol. The maximum Gasteiger partial charge on any atom is 0.234 e. The van der Waals surface area contributed by atoms with Gasteiger partial charge in [0.2, 0.25) is 5.91 Å². The fraction of sp³-hybridized carbons (Fsp3) is 0.636. The number of thiazole rings is 1. The van der Waals surface area contributed by atoms with Crippen molar-refractivity contribution < 1.29 is 4.79 Å². The van der Waals surface area contributed by atoms with Crippen LogP contribution in [0.1, 0.15) is 30.7 Å². The third kappa shape index (κ3) is 3.87. The van der Waals surface area contributed by atoms with E-state index in [9.17, 15) is 4.79 Å². The van der Waals surface area contributed by atoms with Crippen molar-refractivity contribution in [3.63, 3.8) is 0 Å². The van der Waals surface area contributed by atoms with E-state index in [1.807, 2.05) is 20.0 Å². The van der Waals surface area contributed by atoms with Crippen molar-refractivity contribution in [2.24, 2.45) is 5.92 Å². The largest absolute Gasteiger partial charge is 0.349 e. The van der Waals surface area contributed by atoms with Crippen LogP contribution >= 0.6 is 27.3 Å². The van der Waals surface area contributed by atoms with Crippen LogP contribution in [0.3, 0.4) is 0 Å². The molecule has 0 spiro atoms. The van der Waals surface area contributed by atoms with E-state index in [0.29, 0.717) is 12.5 Å². The van der Waals surface area contributed by atoms with Gasteiger partial charge in [0.15, 0.2) is 0 Å². The molecule has 0 radical (unpaired) electrons. The van der Waals surface area contributed by atoms with Crippen molar-refractivity contribution in [1.29, 1.82) is 0 Å². The van der Waals surface area contributed by atoms with Gasteiger partial charge in [0.25, 0.3) is 0 Å². The van der Waals surface area contributed by atoms with Gasteiger partial charge in [-0.25, -0.2) is 4.98 Å². The van der Waals surface area contributed by atoms with E-state index in [1.54, 1.807) is 11.3 Å². The van der Waals surface area contributed by atoms with Crippen molar-refractivity contribution in [1.82, 2.24) is 10.3 Å². The Morgan fingerprint density at radius 1 is 1.62 bits per heavy atom. The highest BCUT2D eigenvalue weighted by atomic mass is 79.9. The number of halogens is 1. The Balaban J connectivity index is 2.42. The molecule has 1 unspecified atom stereocenters. The van der Waals surface area contributed by atoms with Crippen LogP contribution < -0.4 is 5.32 Å². The summed E-state index contributed by atoms with van der Waals surface area (Å²) in [5.41, 5.74) is 0. The summed E-state index contributed by atoms with van der Waals surface area (Å²) < 4.78 is 0. The fourth-order valence-corrected chi connectivity index (χ4v) is 2.12. The molecule has 16 heavy (non-hydrogen) atoms. The van der Waals surface area contributed by atoms with Gasteiger partial charge in [-0.15, -0.1) is 11.3 Å². The zero-order valence-corrected chi connectivity index (χ0v) is 12.2. The Labute approximate surface area is 109 Å². The lowest BCUT2D eigenvalue weighted by atomic mass is 10.1. The van der Waals surface area contributed by atoms with E-state index in [4.69, 9.17) is 0 Å². The topological polar surface area (TPSA) is 42.0 Å². The second kappa shape index (κ2) is 6.35. The number of nitrogens with zero attached hydrogens (tertiary/aromatic N) is 1. The van der Waals surface area contributed by atoms with Gasteiger partial charge in [-0.05, 0) is 12.3 Å². The summed E-state index contributed by atoms with van der Waals surface area (Å²) in [4.78, 5) is 17.0. The van der Waals surface area contributed by atoms with Crippen LogP contribution in [-0.4, -0.2) is 15.7 Å². The molecule has 1 heterocycles. The summed E-state index contributed by atoms with van der Waals surface area (Å²) in [7, 11) is 0. The predicted octanol–water partition coefficient (Wildman–Crippen LogP) is 2.74. The average Bonchev–Trinajstić information content (AvgIpc) is 2.72. The van der Waals surface area contributed by atoms with E-state index < -0.39 is 0 Å². The molecule has 1 rings (SSSR count). The van der Waals surface area contributed by atoms with E-state index in [-0.39, 0.29) is 10.7 Å². The molecule has 1 N–H and O–H groups in total. The Bertz CT molecular complexity index is 352. The van der Waals surface area contributed by atoms with Gasteiger partial charge in [0.1, 0.15) is 5.01 Å². The molecule has 1 amide bonds. The molecule has 0 fully saturated rings. The van der Waals surface area contributed by atoms with Gasteiger partial charge >= 0.3 is 0 Å². The zero-order valence-electron chi connectivity index (χ0n) is 9.79. The Kier molecular flexibility index (Phi) is 5.41. The highest BCUT2D eigenvalue weighted by Gasteiger charge is 2.18. The SMILES string of the molecule is CCc1cnc(CNC(=O)C(Br)C(C)C)s1. The van der Waals surface area contributed by atoms with Crippen LogP contribution in [0.25, 0.3) is 0 Å². The van der Waals surface area contributed by atoms with Gasteiger partial charge in [0, 0.05) is 11.1 Å². The van der Waals surface area contributed by atoms with E-state index >= 15 is 0 Å². The number of nitrogens with one attached hydrogen (secondary N) is 1. The zero-order chi connectivity index (χ0) is 12.1. The summed E-state index contributed by atoms with van der Waals surface area (Å²) in [6.45, 7) is 6.65. The summed E-state index contributed by atoms with van der Waals surface area (Å²) in [5, 5.41) is 3.85. The summed E-state index contributed by atoms with van der Waals surface area (Å²) in [6.07, 6.45) is 2.87. The maximum absolute atomic E-state index is 11.7. The molecule has 0 aromatic carbocycles. The minimum absolute atomic E-state index is 0.0308. The van der Waals surface area contributed by atoms with Crippen LogP contribution in [0.15, 0.2) is 6.20 Å². The standard InChI is InChI=1S/C11H17BrN2OS/c1-4-8-5-13-9(16-8)6-14-11(15)10(12)7(2)3/h5,7,10H,4,6H2,1-3H3,(H,14,15).